The van der Waals surface area contributed by atoms with Crippen LogP contribution >= 0.6 is 0 Å². The molecule has 0 spiro atoms. The maximum Gasteiger partial charge on any atom is 0.328 e. The molecule has 1 saturated heterocycles. The number of hydrogen-bond donors (Lipinski definition) is 8. The van der Waals surface area contributed by atoms with Gasteiger partial charge in [0.15, 0.2) is 23.0 Å². The summed E-state index contributed by atoms with van der Waals surface area (Å²) in [6.07, 6.45) is 4.80. The SMILES string of the molecule is CC(=O)NCCCC[C@H](N=C/C(=C\N[C@@H](CCCCNC(C)=O)C(=O)O)c1cn2cnc3c(ncn3[C@@H]3O[C@H](CO)[C@@H](O)[C@H]3O)c2n1)C(=O)O. The van der Waals surface area contributed by atoms with Crippen LogP contribution < -0.4 is 16.0 Å². The van der Waals surface area contributed by atoms with Crippen molar-refractivity contribution in [3.63, 3.8) is 0 Å². The normalized spacial score (nSPS) is 20.7. The van der Waals surface area contributed by atoms with Gasteiger partial charge in [-0.3, -0.25) is 23.5 Å². The minimum Gasteiger partial charge on any atom is -0.480 e. The fourth-order valence-electron chi connectivity index (χ4n) is 5.39. The molecule has 50 heavy (non-hydrogen) atoms. The van der Waals surface area contributed by atoms with Crippen molar-refractivity contribution in [3.8, 4) is 0 Å². The molecule has 0 unspecified atom stereocenters. The molecule has 0 radical (unpaired) electrons. The van der Waals surface area contributed by atoms with E-state index < -0.39 is 55.2 Å². The number of rotatable bonds is 19. The van der Waals surface area contributed by atoms with Crippen molar-refractivity contribution >= 4 is 52.4 Å². The second-order valence-electron chi connectivity index (χ2n) is 11.9. The number of hydrogen-bond acceptors (Lipinski definition) is 13. The van der Waals surface area contributed by atoms with Gasteiger partial charge in [0.1, 0.15) is 36.7 Å². The Hall–Kier alpha value is -4.98. The molecule has 6 atom stereocenters. The van der Waals surface area contributed by atoms with E-state index in [4.69, 9.17) is 4.74 Å². The molecule has 3 aromatic rings. The number of amides is 2. The second-order valence-corrected chi connectivity index (χ2v) is 11.9. The van der Waals surface area contributed by atoms with E-state index in [0.717, 1.165) is 0 Å². The molecule has 0 aromatic carbocycles. The number of aliphatic carboxylic acids is 2. The summed E-state index contributed by atoms with van der Waals surface area (Å²) >= 11 is 0. The van der Waals surface area contributed by atoms with Gasteiger partial charge >= 0.3 is 11.9 Å². The number of unbranched alkanes of at least 4 members (excludes halogenated alkanes) is 2. The molecule has 1 fully saturated rings. The van der Waals surface area contributed by atoms with Crippen molar-refractivity contribution in [2.24, 2.45) is 4.99 Å². The lowest BCUT2D eigenvalue weighted by atomic mass is 10.1. The van der Waals surface area contributed by atoms with Crippen LogP contribution in [0.4, 0.5) is 0 Å². The molecule has 1 aliphatic heterocycles. The molecule has 272 valence electrons. The second kappa shape index (κ2) is 17.6. The van der Waals surface area contributed by atoms with Crippen LogP contribution in [0.1, 0.15) is 64.3 Å². The summed E-state index contributed by atoms with van der Waals surface area (Å²) in [5.74, 6) is -2.64. The Morgan fingerprint density at radius 1 is 0.940 bits per heavy atom. The highest BCUT2D eigenvalue weighted by Gasteiger charge is 2.44. The monoisotopic (exact) mass is 701 g/mol. The maximum atomic E-state index is 12.1. The predicted molar refractivity (Wildman–Crippen MR) is 177 cm³/mol. The number of carboxylic acid groups (broad SMARTS) is 2. The largest absolute Gasteiger partial charge is 0.480 e. The van der Waals surface area contributed by atoms with E-state index in [-0.39, 0.29) is 41.6 Å². The lowest BCUT2D eigenvalue weighted by molar-refractivity contribution is -0.140. The molecule has 3 aromatic heterocycles. The van der Waals surface area contributed by atoms with Gasteiger partial charge in [-0.2, -0.15) is 0 Å². The zero-order valence-corrected chi connectivity index (χ0v) is 27.7. The molecule has 0 aliphatic carbocycles. The third-order valence-electron chi connectivity index (χ3n) is 8.09. The fourth-order valence-corrected chi connectivity index (χ4v) is 5.39. The molecule has 0 saturated carbocycles. The Morgan fingerprint density at radius 3 is 2.22 bits per heavy atom. The Balaban J connectivity index is 1.63. The van der Waals surface area contributed by atoms with Crippen LogP contribution in [0.5, 0.6) is 0 Å². The Bertz CT molecular complexity index is 1720. The van der Waals surface area contributed by atoms with Gasteiger partial charge < -0.3 is 46.2 Å². The van der Waals surface area contributed by atoms with Gasteiger partial charge in [0, 0.05) is 51.1 Å². The molecule has 19 nitrogen and oxygen atoms in total. The van der Waals surface area contributed by atoms with Crippen LogP contribution in [0, 0.1) is 0 Å². The third kappa shape index (κ3) is 9.59. The third-order valence-corrected chi connectivity index (χ3v) is 8.09. The predicted octanol–water partition coefficient (Wildman–Crippen LogP) is -0.789. The van der Waals surface area contributed by atoms with Gasteiger partial charge in [-0.15, -0.1) is 0 Å². The van der Waals surface area contributed by atoms with Crippen LogP contribution in [0.3, 0.4) is 0 Å². The minimum atomic E-state index is -1.37. The lowest BCUT2D eigenvalue weighted by Crippen LogP contribution is -2.33. The van der Waals surface area contributed by atoms with Crippen molar-refractivity contribution in [1.82, 2.24) is 39.9 Å². The first-order valence-electron chi connectivity index (χ1n) is 16.2. The molecular weight excluding hydrogens is 658 g/mol. The van der Waals surface area contributed by atoms with Crippen LogP contribution in [0.25, 0.3) is 22.4 Å². The first-order valence-corrected chi connectivity index (χ1v) is 16.2. The molecule has 1 aliphatic rings. The molecular formula is C31H43N9O10. The lowest BCUT2D eigenvalue weighted by Gasteiger charge is -2.16. The summed E-state index contributed by atoms with van der Waals surface area (Å²) in [7, 11) is 0. The summed E-state index contributed by atoms with van der Waals surface area (Å²) in [5.41, 5.74) is 1.42. The standard InChI is InChI=1S/C31H43N9O10/c1-17(42)32-9-5-3-7-20(30(46)47)34-11-19(12-35-21(31(48)49)8-4-6-10-33-18(2)43)22-13-39-15-37-27-24(28(39)38-22)36-16-40(27)29-26(45)25(44)23(14-41)50-29/h11-13,15-16,20-21,23,25-26,29,34,41,44-45H,3-10,14H2,1-2H3,(H,32,42)(H,33,43)(H,46,47)(H,48,49)/b19-11+,35-12?/t20-,21-,23+,25+,26+,29+/m0/s1. The first kappa shape index (κ1) is 37.8. The van der Waals surface area contributed by atoms with Crippen molar-refractivity contribution in [3.05, 3.63) is 30.7 Å². The number of imidazole rings is 2. The zero-order chi connectivity index (χ0) is 36.4. The summed E-state index contributed by atoms with van der Waals surface area (Å²) in [6.45, 7) is 3.09. The van der Waals surface area contributed by atoms with Crippen molar-refractivity contribution < 1.29 is 49.4 Å². The van der Waals surface area contributed by atoms with Gasteiger partial charge in [0.25, 0.3) is 0 Å². The van der Waals surface area contributed by atoms with Crippen LogP contribution in [-0.4, -0.2) is 130 Å². The number of nitrogens with one attached hydrogen (secondary N) is 3. The summed E-state index contributed by atoms with van der Waals surface area (Å²) < 4.78 is 8.61. The Labute approximate surface area is 286 Å². The van der Waals surface area contributed by atoms with Crippen molar-refractivity contribution in [1.29, 1.82) is 0 Å². The van der Waals surface area contributed by atoms with E-state index in [1.807, 2.05) is 0 Å². The van der Waals surface area contributed by atoms with Gasteiger partial charge in [0.2, 0.25) is 11.8 Å². The quantitative estimate of drug-likeness (QED) is 0.0562. The topological polar surface area (TPSA) is 275 Å². The highest BCUT2D eigenvalue weighted by Crippen LogP contribution is 2.32. The molecule has 8 N–H and O–H groups in total. The molecule has 0 bridgehead atoms. The number of carboxylic acids is 2. The highest BCUT2D eigenvalue weighted by atomic mass is 16.6. The van der Waals surface area contributed by atoms with Crippen LogP contribution in [-0.2, 0) is 23.9 Å². The van der Waals surface area contributed by atoms with E-state index >= 15 is 0 Å². The number of ether oxygens (including phenoxy) is 1. The number of allylic oxidation sites excluding steroid dienone is 1. The average Bonchev–Trinajstić information content (AvgIpc) is 3.76. The van der Waals surface area contributed by atoms with E-state index in [0.29, 0.717) is 49.9 Å². The summed E-state index contributed by atoms with van der Waals surface area (Å²) in [5, 5.41) is 58.2. The number of carbonyl (C=O) groups is 4. The fraction of sp³-hybridized carbons (Fsp3) is 0.548. The van der Waals surface area contributed by atoms with E-state index in [1.165, 1.54) is 43.5 Å². The average molecular weight is 702 g/mol. The Kier molecular flexibility index (Phi) is 13.3. The van der Waals surface area contributed by atoms with Gasteiger partial charge in [0.05, 0.1) is 18.6 Å². The number of aromatic nitrogens is 5. The summed E-state index contributed by atoms with van der Waals surface area (Å²) in [6, 6.07) is -2.14. The van der Waals surface area contributed by atoms with E-state index in [2.05, 4.69) is 35.9 Å². The molecule has 19 heteroatoms. The van der Waals surface area contributed by atoms with E-state index in [1.54, 1.807) is 10.6 Å². The van der Waals surface area contributed by atoms with Gasteiger partial charge in [-0.05, 0) is 38.5 Å². The molecule has 4 rings (SSSR count). The minimum absolute atomic E-state index is 0.178. The Morgan fingerprint density at radius 2 is 1.62 bits per heavy atom. The number of aliphatic hydroxyl groups excluding tert-OH is 3. The molecule has 4 heterocycles. The summed E-state index contributed by atoms with van der Waals surface area (Å²) in [4.78, 5) is 64.2. The highest BCUT2D eigenvalue weighted by molar-refractivity contribution is 6.10. The van der Waals surface area contributed by atoms with Crippen LogP contribution in [0.15, 0.2) is 30.0 Å². The smallest absolute Gasteiger partial charge is 0.328 e. The first-order chi connectivity index (χ1) is 23.9. The van der Waals surface area contributed by atoms with E-state index in [9.17, 15) is 44.7 Å². The van der Waals surface area contributed by atoms with Gasteiger partial charge in [-0.25, -0.2) is 24.5 Å². The number of aliphatic hydroxyl groups is 3. The number of carbonyl (C=O) groups excluding carboxylic acids is 2. The van der Waals surface area contributed by atoms with Crippen LogP contribution in [0.2, 0.25) is 0 Å². The molecule has 2 amide bonds. The van der Waals surface area contributed by atoms with Gasteiger partial charge in [-0.1, -0.05) is 0 Å². The number of aliphatic imine (C=N–C) groups is 1. The number of fused-ring (bicyclic) bond motifs is 3. The van der Waals surface area contributed by atoms with Crippen molar-refractivity contribution in [2.75, 3.05) is 19.7 Å². The maximum absolute atomic E-state index is 12.1. The van der Waals surface area contributed by atoms with Crippen molar-refractivity contribution in [2.45, 2.75) is 89.0 Å². The zero-order valence-electron chi connectivity index (χ0n) is 27.7. The number of nitrogens with zero attached hydrogens (tertiary/aromatic N) is 6.